The van der Waals surface area contributed by atoms with E-state index in [0.717, 1.165) is 6.07 Å². The summed E-state index contributed by atoms with van der Waals surface area (Å²) in [5.74, 6) is -1.94. The molecule has 0 heterocycles. The Labute approximate surface area is 109 Å². The molecule has 1 aromatic rings. The Kier molecular flexibility index (Phi) is 4.59. The monoisotopic (exact) mass is 287 g/mol. The van der Waals surface area contributed by atoms with Crippen molar-refractivity contribution in [2.45, 2.75) is 17.4 Å². The molecule has 1 rings (SSSR count). The molecule has 0 bridgehead atoms. The van der Waals surface area contributed by atoms with Gasteiger partial charge >= 0.3 is 5.97 Å². The lowest BCUT2D eigenvalue weighted by Gasteiger charge is -2.10. The third-order valence-corrected chi connectivity index (χ3v) is 3.07. The predicted octanol–water partition coefficient (Wildman–Crippen LogP) is -0.925. The number of rotatable bonds is 5. The number of carbonyl (C=O) groups excluding carboxylic acids is 1. The minimum atomic E-state index is -3.88. The third kappa shape index (κ3) is 4.66. The first-order chi connectivity index (χ1) is 8.70. The van der Waals surface area contributed by atoms with Crippen LogP contribution < -0.4 is 16.2 Å². The summed E-state index contributed by atoms with van der Waals surface area (Å²) in [6.45, 7) is 0. The Balaban J connectivity index is 2.83. The van der Waals surface area contributed by atoms with Crippen LogP contribution in [0.3, 0.4) is 0 Å². The SMILES string of the molecule is NC(CC(=O)O)C(=O)Nc1cccc(S(N)(=O)=O)c1. The summed E-state index contributed by atoms with van der Waals surface area (Å²) < 4.78 is 22.2. The van der Waals surface area contributed by atoms with Gasteiger partial charge in [-0.3, -0.25) is 9.59 Å². The van der Waals surface area contributed by atoms with Crippen molar-refractivity contribution in [2.75, 3.05) is 5.32 Å². The number of anilines is 1. The first kappa shape index (κ1) is 15.1. The highest BCUT2D eigenvalue weighted by Crippen LogP contribution is 2.14. The molecule has 1 unspecified atom stereocenters. The third-order valence-electron chi connectivity index (χ3n) is 2.16. The molecule has 8 nitrogen and oxygen atoms in total. The van der Waals surface area contributed by atoms with Crippen LogP contribution in [-0.4, -0.2) is 31.4 Å². The van der Waals surface area contributed by atoms with Crippen molar-refractivity contribution in [2.24, 2.45) is 10.9 Å². The molecule has 0 saturated heterocycles. The highest BCUT2D eigenvalue weighted by Gasteiger charge is 2.17. The van der Waals surface area contributed by atoms with Crippen molar-refractivity contribution in [3.05, 3.63) is 24.3 Å². The largest absolute Gasteiger partial charge is 0.481 e. The van der Waals surface area contributed by atoms with E-state index in [0.29, 0.717) is 0 Å². The molecule has 0 aliphatic carbocycles. The molecule has 0 saturated carbocycles. The van der Waals surface area contributed by atoms with Crippen LogP contribution in [0.15, 0.2) is 29.2 Å². The zero-order valence-electron chi connectivity index (χ0n) is 9.74. The molecule has 1 aromatic carbocycles. The number of carbonyl (C=O) groups is 2. The second kappa shape index (κ2) is 5.78. The molecule has 0 aromatic heterocycles. The van der Waals surface area contributed by atoms with Gasteiger partial charge in [-0.15, -0.1) is 0 Å². The van der Waals surface area contributed by atoms with Crippen LogP contribution in [0.1, 0.15) is 6.42 Å². The van der Waals surface area contributed by atoms with Gasteiger partial charge in [-0.05, 0) is 18.2 Å². The molecule has 0 aliphatic rings. The quantitative estimate of drug-likeness (QED) is 0.549. The average Bonchev–Trinajstić information content (AvgIpc) is 2.27. The summed E-state index contributed by atoms with van der Waals surface area (Å²) >= 11 is 0. The summed E-state index contributed by atoms with van der Waals surface area (Å²) in [7, 11) is -3.88. The van der Waals surface area contributed by atoms with E-state index in [1.54, 1.807) is 0 Å². The summed E-state index contributed by atoms with van der Waals surface area (Å²) in [4.78, 5) is 21.8. The lowest BCUT2D eigenvalue weighted by molar-refractivity contribution is -0.138. The molecule has 0 spiro atoms. The van der Waals surface area contributed by atoms with Gasteiger partial charge in [-0.2, -0.15) is 0 Å². The topological polar surface area (TPSA) is 153 Å². The Bertz CT molecular complexity index is 599. The van der Waals surface area contributed by atoms with Crippen LogP contribution in [0.2, 0.25) is 0 Å². The van der Waals surface area contributed by atoms with E-state index in [9.17, 15) is 18.0 Å². The first-order valence-corrected chi connectivity index (χ1v) is 6.66. The number of sulfonamides is 1. The summed E-state index contributed by atoms with van der Waals surface area (Å²) in [6, 6.07) is 4.01. The van der Waals surface area contributed by atoms with Crippen LogP contribution in [0.25, 0.3) is 0 Å². The number of carboxylic acids is 1. The Morgan fingerprint density at radius 3 is 2.53 bits per heavy atom. The van der Waals surface area contributed by atoms with Crippen LogP contribution in [-0.2, 0) is 19.6 Å². The van der Waals surface area contributed by atoms with E-state index in [-0.39, 0.29) is 10.6 Å². The maximum Gasteiger partial charge on any atom is 0.305 e. The molecule has 6 N–H and O–H groups in total. The second-order valence-electron chi connectivity index (χ2n) is 3.77. The number of amides is 1. The number of hydrogen-bond acceptors (Lipinski definition) is 5. The van der Waals surface area contributed by atoms with Crippen LogP contribution in [0.5, 0.6) is 0 Å². The van der Waals surface area contributed by atoms with Gasteiger partial charge in [0.05, 0.1) is 17.4 Å². The van der Waals surface area contributed by atoms with E-state index < -0.39 is 34.4 Å². The maximum atomic E-state index is 11.5. The highest BCUT2D eigenvalue weighted by atomic mass is 32.2. The number of nitrogens with two attached hydrogens (primary N) is 2. The van der Waals surface area contributed by atoms with E-state index in [2.05, 4.69) is 5.32 Å². The Morgan fingerprint density at radius 1 is 1.37 bits per heavy atom. The summed E-state index contributed by atoms with van der Waals surface area (Å²) in [6.07, 6.45) is -0.527. The van der Waals surface area contributed by atoms with Gasteiger partial charge in [-0.1, -0.05) is 6.07 Å². The van der Waals surface area contributed by atoms with E-state index in [1.807, 2.05) is 0 Å². The first-order valence-electron chi connectivity index (χ1n) is 5.11. The van der Waals surface area contributed by atoms with Gasteiger partial charge in [0.1, 0.15) is 0 Å². The molecule has 19 heavy (non-hydrogen) atoms. The van der Waals surface area contributed by atoms with E-state index >= 15 is 0 Å². The fourth-order valence-electron chi connectivity index (χ4n) is 1.27. The number of aliphatic carboxylic acids is 1. The molecule has 0 aliphatic heterocycles. The number of hydrogen-bond donors (Lipinski definition) is 4. The van der Waals surface area contributed by atoms with Gasteiger partial charge in [0, 0.05) is 5.69 Å². The molecular weight excluding hydrogens is 274 g/mol. The van der Waals surface area contributed by atoms with Gasteiger partial charge in [0.25, 0.3) is 0 Å². The molecule has 9 heteroatoms. The van der Waals surface area contributed by atoms with Gasteiger partial charge in [0.2, 0.25) is 15.9 Å². The van der Waals surface area contributed by atoms with Crippen molar-refractivity contribution >= 4 is 27.6 Å². The number of primary sulfonamides is 1. The zero-order valence-corrected chi connectivity index (χ0v) is 10.6. The summed E-state index contributed by atoms with van der Waals surface area (Å²) in [5.41, 5.74) is 5.52. The van der Waals surface area contributed by atoms with Gasteiger partial charge in [-0.25, -0.2) is 13.6 Å². The zero-order chi connectivity index (χ0) is 14.6. The van der Waals surface area contributed by atoms with Crippen LogP contribution in [0, 0.1) is 0 Å². The van der Waals surface area contributed by atoms with Crippen LogP contribution >= 0.6 is 0 Å². The Hall–Kier alpha value is -1.97. The fraction of sp³-hybridized carbons (Fsp3) is 0.200. The van der Waals surface area contributed by atoms with Crippen molar-refractivity contribution < 1.29 is 23.1 Å². The van der Waals surface area contributed by atoms with Crippen molar-refractivity contribution in [1.29, 1.82) is 0 Å². The molecule has 0 fully saturated rings. The normalized spacial score (nSPS) is 12.7. The smallest absolute Gasteiger partial charge is 0.305 e. The molecule has 1 atom stereocenters. The average molecular weight is 287 g/mol. The maximum absolute atomic E-state index is 11.5. The van der Waals surface area contributed by atoms with Gasteiger partial charge < -0.3 is 16.2 Å². The molecule has 104 valence electrons. The van der Waals surface area contributed by atoms with Crippen molar-refractivity contribution in [3.63, 3.8) is 0 Å². The number of benzene rings is 1. The number of carboxylic acid groups (broad SMARTS) is 1. The minimum absolute atomic E-state index is 0.164. The Morgan fingerprint density at radius 2 is 2.00 bits per heavy atom. The summed E-state index contributed by atoms with van der Waals surface area (Å²) in [5, 5.41) is 15.7. The fourth-order valence-corrected chi connectivity index (χ4v) is 1.83. The van der Waals surface area contributed by atoms with Crippen molar-refractivity contribution in [1.82, 2.24) is 0 Å². The molecule has 1 amide bonds. The minimum Gasteiger partial charge on any atom is -0.481 e. The van der Waals surface area contributed by atoms with Crippen LogP contribution in [0.4, 0.5) is 5.69 Å². The highest BCUT2D eigenvalue weighted by molar-refractivity contribution is 7.89. The predicted molar refractivity (Wildman–Crippen MR) is 66.7 cm³/mol. The molecular formula is C10H13N3O5S. The van der Waals surface area contributed by atoms with Gasteiger partial charge in [0.15, 0.2) is 0 Å². The lowest BCUT2D eigenvalue weighted by Crippen LogP contribution is -2.37. The van der Waals surface area contributed by atoms with E-state index in [4.69, 9.17) is 16.0 Å². The standard InChI is InChI=1S/C10H13N3O5S/c11-8(5-9(14)15)10(16)13-6-2-1-3-7(4-6)19(12,17)18/h1-4,8H,5,11H2,(H,13,16)(H,14,15)(H2,12,17,18). The lowest BCUT2D eigenvalue weighted by atomic mass is 10.2. The number of nitrogens with one attached hydrogen (secondary N) is 1. The molecule has 0 radical (unpaired) electrons. The van der Waals surface area contributed by atoms with E-state index in [1.165, 1.54) is 18.2 Å². The second-order valence-corrected chi connectivity index (χ2v) is 5.33. The van der Waals surface area contributed by atoms with Crippen molar-refractivity contribution in [3.8, 4) is 0 Å².